The van der Waals surface area contributed by atoms with Gasteiger partial charge in [0.2, 0.25) is 5.91 Å². The van der Waals surface area contributed by atoms with E-state index in [0.717, 1.165) is 35.8 Å². The van der Waals surface area contributed by atoms with Crippen molar-refractivity contribution in [1.29, 1.82) is 0 Å². The second-order valence-electron chi connectivity index (χ2n) is 6.30. The Bertz CT molecular complexity index is 744. The van der Waals surface area contributed by atoms with Gasteiger partial charge in [0, 0.05) is 33.1 Å². The molecule has 1 saturated heterocycles. The van der Waals surface area contributed by atoms with Crippen LogP contribution in [0.5, 0.6) is 0 Å². The largest absolute Gasteiger partial charge is 0.347 e. The van der Waals surface area contributed by atoms with E-state index in [1.165, 1.54) is 17.3 Å². The topological polar surface area (TPSA) is 53.0 Å². The van der Waals surface area contributed by atoms with E-state index in [4.69, 9.17) is 0 Å². The van der Waals surface area contributed by atoms with Crippen molar-refractivity contribution in [1.82, 2.24) is 9.80 Å². The molecule has 0 atom stereocenters. The molecule has 3 rings (SSSR count). The zero-order chi connectivity index (χ0) is 18.0. The molecule has 5 nitrogen and oxygen atoms in total. The molecule has 132 valence electrons. The lowest BCUT2D eigenvalue weighted by atomic mass is 10.0. The van der Waals surface area contributed by atoms with E-state index in [0.29, 0.717) is 18.0 Å². The molecule has 1 aromatic carbocycles. The molecule has 2 amide bonds. The molecule has 0 saturated carbocycles. The van der Waals surface area contributed by atoms with Crippen LogP contribution in [0.25, 0.3) is 5.57 Å². The molecule has 2 aliphatic heterocycles. The Labute approximate surface area is 152 Å². The van der Waals surface area contributed by atoms with E-state index >= 15 is 0 Å². The Morgan fingerprint density at radius 1 is 1.12 bits per heavy atom. The van der Waals surface area contributed by atoms with Gasteiger partial charge in [-0.1, -0.05) is 31.2 Å². The molecule has 0 N–H and O–H groups in total. The van der Waals surface area contributed by atoms with Crippen LogP contribution in [0.4, 0.5) is 0 Å². The Morgan fingerprint density at radius 2 is 1.76 bits per heavy atom. The first-order valence-corrected chi connectivity index (χ1v) is 9.42. The van der Waals surface area contributed by atoms with E-state index < -0.39 is 0 Å². The van der Waals surface area contributed by atoms with Gasteiger partial charge in [0.05, 0.1) is 4.91 Å². The maximum absolute atomic E-state index is 12.4. The van der Waals surface area contributed by atoms with Crippen LogP contribution in [0.3, 0.4) is 0 Å². The third kappa shape index (κ3) is 3.79. The highest BCUT2D eigenvalue weighted by molar-refractivity contribution is 8.18. The molecule has 1 aromatic rings. The lowest BCUT2D eigenvalue weighted by Gasteiger charge is -2.34. The summed E-state index contributed by atoms with van der Waals surface area (Å²) in [5.41, 5.74) is 3.32. The highest BCUT2D eigenvalue weighted by Gasteiger charge is 2.30. The summed E-state index contributed by atoms with van der Waals surface area (Å²) >= 11 is 1.45. The number of nitrogens with zero attached hydrogens (tertiary/aromatic N) is 3. The molecule has 0 aliphatic carbocycles. The standard InChI is InChI=1S/C19H23N3O2S/c1-4-15-5-7-16(8-6-15)13(2)17-18(24)20-19(25-17)22-11-9-21(10-12-22)14(3)23/h5-8H,4,9-12H2,1-3H3/b17-13+. The van der Waals surface area contributed by atoms with E-state index in [1.807, 2.05) is 11.8 Å². The van der Waals surface area contributed by atoms with Crippen LogP contribution >= 0.6 is 11.8 Å². The lowest BCUT2D eigenvalue weighted by molar-refractivity contribution is -0.130. The highest BCUT2D eigenvalue weighted by Crippen LogP contribution is 2.35. The van der Waals surface area contributed by atoms with Crippen LogP contribution in [0, 0.1) is 0 Å². The minimum atomic E-state index is -0.161. The molecular weight excluding hydrogens is 334 g/mol. The molecule has 25 heavy (non-hydrogen) atoms. The third-order valence-electron chi connectivity index (χ3n) is 4.72. The average Bonchev–Trinajstić information content (AvgIpc) is 3.03. The van der Waals surface area contributed by atoms with Gasteiger partial charge in [0.25, 0.3) is 5.91 Å². The molecule has 0 unspecified atom stereocenters. The minimum absolute atomic E-state index is 0.101. The second-order valence-corrected chi connectivity index (χ2v) is 7.28. The lowest BCUT2D eigenvalue weighted by Crippen LogP contribution is -2.49. The number of rotatable bonds is 2. The summed E-state index contributed by atoms with van der Waals surface area (Å²) in [6, 6.07) is 8.34. The van der Waals surface area contributed by atoms with Gasteiger partial charge in [-0.3, -0.25) is 9.59 Å². The predicted molar refractivity (Wildman–Crippen MR) is 102 cm³/mol. The smallest absolute Gasteiger partial charge is 0.286 e. The number of carbonyl (C=O) groups is 2. The summed E-state index contributed by atoms with van der Waals surface area (Å²) < 4.78 is 0. The van der Waals surface area contributed by atoms with Crippen LogP contribution in [-0.2, 0) is 16.0 Å². The van der Waals surface area contributed by atoms with Crippen LogP contribution in [0.15, 0.2) is 34.2 Å². The number of amides is 2. The van der Waals surface area contributed by atoms with Gasteiger partial charge in [0.15, 0.2) is 5.17 Å². The molecule has 0 radical (unpaired) electrons. The molecule has 2 aliphatic rings. The quantitative estimate of drug-likeness (QED) is 0.764. The molecule has 1 fully saturated rings. The molecule has 0 spiro atoms. The molecule has 0 bridgehead atoms. The maximum atomic E-state index is 12.4. The maximum Gasteiger partial charge on any atom is 0.286 e. The Kier molecular flexibility index (Phi) is 5.27. The van der Waals surface area contributed by atoms with E-state index in [1.54, 1.807) is 6.92 Å². The number of aliphatic imine (C=N–C) groups is 1. The van der Waals surface area contributed by atoms with Crippen molar-refractivity contribution in [3.8, 4) is 0 Å². The van der Waals surface area contributed by atoms with Crippen LogP contribution in [-0.4, -0.2) is 53.0 Å². The summed E-state index contributed by atoms with van der Waals surface area (Å²) in [5.74, 6) is -0.0604. The Morgan fingerprint density at radius 3 is 2.32 bits per heavy atom. The average molecular weight is 357 g/mol. The van der Waals surface area contributed by atoms with Crippen molar-refractivity contribution in [3.05, 3.63) is 40.3 Å². The number of thioether (sulfide) groups is 1. The van der Waals surface area contributed by atoms with E-state index in [2.05, 4.69) is 41.1 Å². The number of carbonyl (C=O) groups excluding carboxylic acids is 2. The van der Waals surface area contributed by atoms with Crippen molar-refractivity contribution in [2.45, 2.75) is 27.2 Å². The number of hydrogen-bond donors (Lipinski definition) is 0. The number of allylic oxidation sites excluding steroid dienone is 1. The van der Waals surface area contributed by atoms with Crippen LogP contribution in [0.1, 0.15) is 31.9 Å². The fourth-order valence-electron chi connectivity index (χ4n) is 3.00. The van der Waals surface area contributed by atoms with Gasteiger partial charge >= 0.3 is 0 Å². The zero-order valence-electron chi connectivity index (χ0n) is 14.9. The van der Waals surface area contributed by atoms with Crippen molar-refractivity contribution in [2.75, 3.05) is 26.2 Å². The fourth-order valence-corrected chi connectivity index (χ4v) is 4.03. The monoisotopic (exact) mass is 357 g/mol. The normalized spacial score (nSPS) is 20.0. The molecular formula is C19H23N3O2S. The number of benzene rings is 1. The second kappa shape index (κ2) is 7.44. The van der Waals surface area contributed by atoms with Gasteiger partial charge in [-0.15, -0.1) is 0 Å². The van der Waals surface area contributed by atoms with Gasteiger partial charge in [-0.2, -0.15) is 4.99 Å². The van der Waals surface area contributed by atoms with Gasteiger partial charge in [-0.05, 0) is 41.8 Å². The molecule has 2 heterocycles. The van der Waals surface area contributed by atoms with E-state index in [9.17, 15) is 9.59 Å². The fraction of sp³-hybridized carbons (Fsp3) is 0.421. The SMILES string of the molecule is CCc1ccc(/C(C)=C2/SC(N3CCN(C(C)=O)CC3)=NC2=O)cc1. The highest BCUT2D eigenvalue weighted by atomic mass is 32.2. The summed E-state index contributed by atoms with van der Waals surface area (Å²) in [4.78, 5) is 32.7. The first-order valence-electron chi connectivity index (χ1n) is 8.61. The predicted octanol–water partition coefficient (Wildman–Crippen LogP) is 2.77. The first-order chi connectivity index (χ1) is 12.0. The Hall–Kier alpha value is -2.08. The number of hydrogen-bond acceptors (Lipinski definition) is 4. The summed E-state index contributed by atoms with van der Waals surface area (Å²) in [6.07, 6.45) is 1.00. The van der Waals surface area contributed by atoms with Crippen molar-refractivity contribution >= 4 is 34.3 Å². The van der Waals surface area contributed by atoms with Gasteiger partial charge < -0.3 is 9.80 Å². The van der Waals surface area contributed by atoms with E-state index in [-0.39, 0.29) is 11.8 Å². The first kappa shape index (κ1) is 17.7. The molecule has 0 aromatic heterocycles. The van der Waals surface area contributed by atoms with Crippen molar-refractivity contribution in [2.24, 2.45) is 4.99 Å². The number of aryl methyl sites for hydroxylation is 1. The summed E-state index contributed by atoms with van der Waals surface area (Å²) in [5, 5.41) is 0.757. The minimum Gasteiger partial charge on any atom is -0.347 e. The molecule has 6 heteroatoms. The number of piperazine rings is 1. The van der Waals surface area contributed by atoms with Crippen molar-refractivity contribution < 1.29 is 9.59 Å². The third-order valence-corrected chi connectivity index (χ3v) is 5.93. The summed E-state index contributed by atoms with van der Waals surface area (Å²) in [7, 11) is 0. The zero-order valence-corrected chi connectivity index (χ0v) is 15.7. The van der Waals surface area contributed by atoms with Crippen LogP contribution < -0.4 is 0 Å². The van der Waals surface area contributed by atoms with Crippen LogP contribution in [0.2, 0.25) is 0 Å². The Balaban J connectivity index is 1.72. The summed E-state index contributed by atoms with van der Waals surface area (Å²) in [6.45, 7) is 8.50. The van der Waals surface area contributed by atoms with Crippen molar-refractivity contribution in [3.63, 3.8) is 0 Å². The number of amidine groups is 1. The van der Waals surface area contributed by atoms with Gasteiger partial charge in [-0.25, -0.2) is 0 Å². The van der Waals surface area contributed by atoms with Gasteiger partial charge in [0.1, 0.15) is 0 Å².